The topological polar surface area (TPSA) is 49.4 Å². The first-order chi connectivity index (χ1) is 9.74. The lowest BCUT2D eigenvalue weighted by Crippen LogP contribution is -2.25. The molecule has 1 rings (SSSR count). The predicted octanol–water partition coefficient (Wildman–Crippen LogP) is 2.64. The summed E-state index contributed by atoms with van der Waals surface area (Å²) in [6.45, 7) is 4.69. The lowest BCUT2D eigenvalue weighted by atomic mass is 10.2. The molecule has 1 aliphatic heterocycles. The molecular weight excluding hydrogens is 252 g/mol. The molecule has 4 nitrogen and oxygen atoms in total. The smallest absolute Gasteiger partial charge is 0.243 e. The zero-order valence-corrected chi connectivity index (χ0v) is 12.7. The van der Waals surface area contributed by atoms with Gasteiger partial charge in [-0.1, -0.05) is 32.3 Å². The SMILES string of the molecule is CCC/C=C\C(=O)NCCCCCCN1CCCC1=O. The van der Waals surface area contributed by atoms with Crippen LogP contribution < -0.4 is 5.32 Å². The first-order valence-corrected chi connectivity index (χ1v) is 7.96. The number of hydrogen-bond donors (Lipinski definition) is 1. The van der Waals surface area contributed by atoms with E-state index in [0.29, 0.717) is 5.91 Å². The lowest BCUT2D eigenvalue weighted by Gasteiger charge is -2.14. The lowest BCUT2D eigenvalue weighted by molar-refractivity contribution is -0.127. The fraction of sp³-hybridized carbons (Fsp3) is 0.750. The summed E-state index contributed by atoms with van der Waals surface area (Å²) >= 11 is 0. The third-order valence-corrected chi connectivity index (χ3v) is 3.55. The Labute approximate surface area is 122 Å². The maximum absolute atomic E-state index is 11.4. The van der Waals surface area contributed by atoms with Crippen molar-refractivity contribution >= 4 is 11.8 Å². The molecule has 2 amide bonds. The summed E-state index contributed by atoms with van der Waals surface area (Å²) in [5.74, 6) is 0.331. The molecule has 0 aliphatic carbocycles. The monoisotopic (exact) mass is 280 g/mol. The molecule has 20 heavy (non-hydrogen) atoms. The van der Waals surface area contributed by atoms with Gasteiger partial charge in [0.2, 0.25) is 11.8 Å². The second kappa shape index (κ2) is 10.5. The molecular formula is C16H28N2O2. The van der Waals surface area contributed by atoms with E-state index in [0.717, 1.165) is 71.0 Å². The fourth-order valence-corrected chi connectivity index (χ4v) is 2.35. The summed E-state index contributed by atoms with van der Waals surface area (Å²) in [7, 11) is 0. The van der Waals surface area contributed by atoms with Crippen LogP contribution in [0.1, 0.15) is 58.3 Å². The van der Waals surface area contributed by atoms with Gasteiger partial charge in [-0.25, -0.2) is 0 Å². The Morgan fingerprint density at radius 2 is 2.10 bits per heavy atom. The van der Waals surface area contributed by atoms with Crippen LogP contribution >= 0.6 is 0 Å². The summed E-state index contributed by atoms with van der Waals surface area (Å²) in [5, 5.41) is 2.89. The van der Waals surface area contributed by atoms with E-state index in [1.165, 1.54) is 0 Å². The van der Waals surface area contributed by atoms with Gasteiger partial charge in [0.25, 0.3) is 0 Å². The van der Waals surface area contributed by atoms with Crippen LogP contribution in [-0.2, 0) is 9.59 Å². The average molecular weight is 280 g/mol. The molecule has 1 fully saturated rings. The van der Waals surface area contributed by atoms with Crippen molar-refractivity contribution in [2.45, 2.75) is 58.3 Å². The van der Waals surface area contributed by atoms with E-state index in [4.69, 9.17) is 0 Å². The zero-order valence-electron chi connectivity index (χ0n) is 12.7. The maximum atomic E-state index is 11.4. The Morgan fingerprint density at radius 1 is 1.30 bits per heavy atom. The number of likely N-dealkylation sites (tertiary alicyclic amines) is 1. The third kappa shape index (κ3) is 7.31. The summed E-state index contributed by atoms with van der Waals surface area (Å²) in [6.07, 6.45) is 11.7. The van der Waals surface area contributed by atoms with Crippen LogP contribution in [0.3, 0.4) is 0 Å². The molecule has 4 heteroatoms. The summed E-state index contributed by atoms with van der Waals surface area (Å²) < 4.78 is 0. The van der Waals surface area contributed by atoms with Crippen LogP contribution in [0, 0.1) is 0 Å². The molecule has 0 unspecified atom stereocenters. The highest BCUT2D eigenvalue weighted by atomic mass is 16.2. The van der Waals surface area contributed by atoms with Gasteiger partial charge in [0.1, 0.15) is 0 Å². The molecule has 0 aromatic rings. The molecule has 0 bridgehead atoms. The van der Waals surface area contributed by atoms with Gasteiger partial charge >= 0.3 is 0 Å². The Kier molecular flexibility index (Phi) is 8.76. The molecule has 0 aromatic heterocycles. The molecule has 1 heterocycles. The van der Waals surface area contributed by atoms with Gasteiger partial charge in [0.05, 0.1) is 0 Å². The minimum atomic E-state index is 0.0149. The van der Waals surface area contributed by atoms with Crippen molar-refractivity contribution < 1.29 is 9.59 Å². The van der Waals surface area contributed by atoms with Crippen molar-refractivity contribution in [2.24, 2.45) is 0 Å². The highest BCUT2D eigenvalue weighted by molar-refractivity contribution is 5.87. The normalized spacial score (nSPS) is 15.2. The molecule has 1 saturated heterocycles. The van der Waals surface area contributed by atoms with Crippen molar-refractivity contribution in [1.29, 1.82) is 0 Å². The molecule has 0 aromatic carbocycles. The standard InChI is InChI=1S/C16H28N2O2/c1-2-3-6-10-15(19)17-12-7-4-5-8-13-18-14-9-11-16(18)20/h6,10H,2-5,7-9,11-14H2,1H3,(H,17,19)/b10-6-. The first kappa shape index (κ1) is 16.7. The number of carbonyl (C=O) groups is 2. The van der Waals surface area contributed by atoms with E-state index >= 15 is 0 Å². The highest BCUT2D eigenvalue weighted by Gasteiger charge is 2.18. The molecule has 0 radical (unpaired) electrons. The average Bonchev–Trinajstić information content (AvgIpc) is 2.83. The van der Waals surface area contributed by atoms with Crippen molar-refractivity contribution in [3.63, 3.8) is 0 Å². The van der Waals surface area contributed by atoms with Gasteiger partial charge in [-0.3, -0.25) is 9.59 Å². The Bertz CT molecular complexity index is 326. The van der Waals surface area contributed by atoms with E-state index in [2.05, 4.69) is 12.2 Å². The first-order valence-electron chi connectivity index (χ1n) is 7.96. The number of rotatable bonds is 10. The van der Waals surface area contributed by atoms with Crippen molar-refractivity contribution in [2.75, 3.05) is 19.6 Å². The predicted molar refractivity (Wildman–Crippen MR) is 81.3 cm³/mol. The molecule has 0 saturated carbocycles. The second-order valence-electron chi connectivity index (χ2n) is 5.38. The van der Waals surface area contributed by atoms with E-state index in [-0.39, 0.29) is 5.91 Å². The van der Waals surface area contributed by atoms with Gasteiger partial charge in [-0.05, 0) is 31.8 Å². The van der Waals surface area contributed by atoms with E-state index < -0.39 is 0 Å². The quantitative estimate of drug-likeness (QED) is 0.494. The van der Waals surface area contributed by atoms with Crippen molar-refractivity contribution in [1.82, 2.24) is 10.2 Å². The fourth-order valence-electron chi connectivity index (χ4n) is 2.35. The van der Waals surface area contributed by atoms with Gasteiger partial charge < -0.3 is 10.2 Å². The zero-order chi connectivity index (χ0) is 14.6. The summed E-state index contributed by atoms with van der Waals surface area (Å²) in [5.41, 5.74) is 0. The van der Waals surface area contributed by atoms with Crippen LogP contribution in [0.5, 0.6) is 0 Å². The number of nitrogens with one attached hydrogen (secondary N) is 1. The number of amides is 2. The van der Waals surface area contributed by atoms with Gasteiger partial charge in [0.15, 0.2) is 0 Å². The maximum Gasteiger partial charge on any atom is 0.243 e. The van der Waals surface area contributed by atoms with Gasteiger partial charge in [-0.15, -0.1) is 0 Å². The number of unbranched alkanes of at least 4 members (excludes halogenated alkanes) is 4. The Morgan fingerprint density at radius 3 is 2.80 bits per heavy atom. The van der Waals surface area contributed by atoms with Crippen molar-refractivity contribution in [3.05, 3.63) is 12.2 Å². The van der Waals surface area contributed by atoms with Crippen LogP contribution in [0.4, 0.5) is 0 Å². The van der Waals surface area contributed by atoms with Gasteiger partial charge in [0, 0.05) is 26.1 Å². The minimum absolute atomic E-state index is 0.0149. The number of nitrogens with zero attached hydrogens (tertiary/aromatic N) is 1. The van der Waals surface area contributed by atoms with E-state index in [9.17, 15) is 9.59 Å². The number of carbonyl (C=O) groups excluding carboxylic acids is 2. The van der Waals surface area contributed by atoms with Crippen LogP contribution in [0.15, 0.2) is 12.2 Å². The van der Waals surface area contributed by atoms with Crippen LogP contribution in [0.25, 0.3) is 0 Å². The largest absolute Gasteiger partial charge is 0.353 e. The molecule has 0 spiro atoms. The summed E-state index contributed by atoms with van der Waals surface area (Å²) in [4.78, 5) is 24.7. The van der Waals surface area contributed by atoms with E-state index in [1.807, 2.05) is 11.0 Å². The Hall–Kier alpha value is -1.32. The molecule has 114 valence electrons. The second-order valence-corrected chi connectivity index (χ2v) is 5.38. The highest BCUT2D eigenvalue weighted by Crippen LogP contribution is 2.11. The van der Waals surface area contributed by atoms with Crippen molar-refractivity contribution in [3.8, 4) is 0 Å². The molecule has 1 N–H and O–H groups in total. The molecule has 1 aliphatic rings. The number of allylic oxidation sites excluding steroid dienone is 1. The minimum Gasteiger partial charge on any atom is -0.353 e. The number of hydrogen-bond acceptors (Lipinski definition) is 2. The Balaban J connectivity index is 1.89. The third-order valence-electron chi connectivity index (χ3n) is 3.55. The summed E-state index contributed by atoms with van der Waals surface area (Å²) in [6, 6.07) is 0. The van der Waals surface area contributed by atoms with Crippen LogP contribution in [0.2, 0.25) is 0 Å². The van der Waals surface area contributed by atoms with Crippen LogP contribution in [-0.4, -0.2) is 36.3 Å². The van der Waals surface area contributed by atoms with E-state index in [1.54, 1.807) is 6.08 Å². The van der Waals surface area contributed by atoms with Gasteiger partial charge in [-0.2, -0.15) is 0 Å². The molecule has 0 atom stereocenters.